The van der Waals surface area contributed by atoms with Gasteiger partial charge in [0.2, 0.25) is 0 Å². The second-order valence-corrected chi connectivity index (χ2v) is 7.17. The highest BCUT2D eigenvalue weighted by Crippen LogP contribution is 2.21. The van der Waals surface area contributed by atoms with E-state index < -0.39 is 19.2 Å². The van der Waals surface area contributed by atoms with E-state index in [1.54, 1.807) is 0 Å². The minimum absolute atomic E-state index is 0.0441. The number of nitriles is 1. The van der Waals surface area contributed by atoms with E-state index in [9.17, 15) is 8.42 Å². The Morgan fingerprint density at radius 2 is 1.56 bits per heavy atom. The molecular weight excluding hydrogens is 293 g/mol. The zero-order valence-electron chi connectivity index (χ0n) is 10.6. The van der Waals surface area contributed by atoms with Crippen LogP contribution in [0.4, 0.5) is 0 Å². The Morgan fingerprint density at radius 1 is 1.06 bits per heavy atom. The minimum atomic E-state index is -3.58. The maximum atomic E-state index is 11.6. The maximum Gasteiger partial charge on any atom is 0.191 e. The second kappa shape index (κ2) is 9.66. The first-order valence-electron chi connectivity index (χ1n) is 6.13. The molecule has 0 bridgehead atoms. The maximum absolute atomic E-state index is 11.6. The summed E-state index contributed by atoms with van der Waals surface area (Å²) in [5.74, 6) is -0.0441. The highest BCUT2D eigenvalue weighted by atomic mass is 35.5. The fourth-order valence-corrected chi connectivity index (χ4v) is 3.23. The van der Waals surface area contributed by atoms with Crippen LogP contribution in [0.3, 0.4) is 0 Å². The molecule has 0 aliphatic carbocycles. The molecule has 0 amide bonds. The van der Waals surface area contributed by atoms with Gasteiger partial charge in [-0.15, -0.1) is 0 Å². The molecule has 0 unspecified atom stereocenters. The molecule has 0 saturated heterocycles. The molecule has 0 aromatic heterocycles. The number of halogens is 2. The van der Waals surface area contributed by atoms with E-state index in [1.807, 2.05) is 0 Å². The molecule has 0 heterocycles. The number of hydrogen-bond acceptors (Lipinski definition) is 3. The highest BCUT2D eigenvalue weighted by molar-refractivity contribution is 7.96. The Morgan fingerprint density at radius 3 is 2.06 bits per heavy atom. The quantitative estimate of drug-likeness (QED) is 0.470. The van der Waals surface area contributed by atoms with E-state index in [4.69, 9.17) is 28.5 Å². The molecule has 3 nitrogen and oxygen atoms in total. The van der Waals surface area contributed by atoms with Crippen molar-refractivity contribution in [2.75, 3.05) is 5.75 Å². The van der Waals surface area contributed by atoms with E-state index in [-0.39, 0.29) is 5.75 Å². The lowest BCUT2D eigenvalue weighted by Gasteiger charge is -2.03. The monoisotopic (exact) mass is 311 g/mol. The summed E-state index contributed by atoms with van der Waals surface area (Å²) in [5.41, 5.74) is 0. The molecule has 0 saturated carbocycles. The van der Waals surface area contributed by atoms with E-state index in [1.165, 1.54) is 25.3 Å². The van der Waals surface area contributed by atoms with Crippen LogP contribution in [-0.2, 0) is 9.84 Å². The molecular formula is C12H19Cl2NO2S. The first kappa shape index (κ1) is 17.8. The molecule has 0 rings (SSSR count). The van der Waals surface area contributed by atoms with Crippen LogP contribution in [0.5, 0.6) is 0 Å². The van der Waals surface area contributed by atoms with Gasteiger partial charge in [0.1, 0.15) is 11.1 Å². The van der Waals surface area contributed by atoms with Crippen LogP contribution in [0, 0.1) is 11.3 Å². The number of hydrogen-bond donors (Lipinski definition) is 0. The van der Waals surface area contributed by atoms with Crippen LogP contribution < -0.4 is 0 Å². The predicted octanol–water partition coefficient (Wildman–Crippen LogP) is 4.32. The van der Waals surface area contributed by atoms with Crippen molar-refractivity contribution in [3.63, 3.8) is 0 Å². The van der Waals surface area contributed by atoms with Gasteiger partial charge in [-0.2, -0.15) is 5.26 Å². The first-order valence-corrected chi connectivity index (χ1v) is 8.54. The van der Waals surface area contributed by atoms with E-state index in [2.05, 4.69) is 6.92 Å². The lowest BCUT2D eigenvalue weighted by molar-refractivity contribution is 0.584. The van der Waals surface area contributed by atoms with Gasteiger partial charge in [-0.3, -0.25) is 0 Å². The van der Waals surface area contributed by atoms with Gasteiger partial charge in [-0.05, 0) is 6.42 Å². The van der Waals surface area contributed by atoms with Crippen molar-refractivity contribution in [1.82, 2.24) is 0 Å². The van der Waals surface area contributed by atoms with Crippen molar-refractivity contribution in [1.29, 1.82) is 5.26 Å². The molecule has 0 N–H and O–H groups in total. The van der Waals surface area contributed by atoms with E-state index >= 15 is 0 Å². The van der Waals surface area contributed by atoms with Crippen LogP contribution >= 0.6 is 23.2 Å². The Balaban J connectivity index is 3.97. The van der Waals surface area contributed by atoms with Gasteiger partial charge in [0.25, 0.3) is 0 Å². The number of nitrogens with zero attached hydrogens (tertiary/aromatic N) is 1. The normalized spacial score (nSPS) is 13.0. The molecule has 18 heavy (non-hydrogen) atoms. The summed E-state index contributed by atoms with van der Waals surface area (Å²) in [6.45, 7) is 2.15. The third-order valence-electron chi connectivity index (χ3n) is 2.56. The zero-order valence-corrected chi connectivity index (χ0v) is 12.9. The van der Waals surface area contributed by atoms with Gasteiger partial charge in [0.05, 0.1) is 5.75 Å². The number of allylic oxidation sites excluding steroid dienone is 1. The summed E-state index contributed by atoms with van der Waals surface area (Å²) in [5, 5.41) is 8.01. The fourth-order valence-electron chi connectivity index (χ4n) is 1.52. The van der Waals surface area contributed by atoms with Crippen molar-refractivity contribution < 1.29 is 8.42 Å². The highest BCUT2D eigenvalue weighted by Gasteiger charge is 2.19. The predicted molar refractivity (Wildman–Crippen MR) is 76.1 cm³/mol. The molecule has 0 aromatic rings. The summed E-state index contributed by atoms with van der Waals surface area (Å²) >= 11 is 10.9. The first-order chi connectivity index (χ1) is 8.45. The van der Waals surface area contributed by atoms with Gasteiger partial charge < -0.3 is 0 Å². The van der Waals surface area contributed by atoms with Crippen LogP contribution in [0.25, 0.3) is 0 Å². The largest absolute Gasteiger partial charge is 0.223 e. The molecule has 0 aliphatic rings. The van der Waals surface area contributed by atoms with Gasteiger partial charge in [-0.1, -0.05) is 68.7 Å². The molecule has 0 aromatic carbocycles. The molecule has 0 spiro atoms. The smallest absolute Gasteiger partial charge is 0.191 e. The van der Waals surface area contributed by atoms with Crippen molar-refractivity contribution in [2.45, 2.75) is 51.9 Å². The Bertz CT molecular complexity index is 410. The van der Waals surface area contributed by atoms with Crippen LogP contribution in [0.2, 0.25) is 0 Å². The summed E-state index contributed by atoms with van der Waals surface area (Å²) in [7, 11) is -3.58. The summed E-state index contributed by atoms with van der Waals surface area (Å²) in [6.07, 6.45) is 7.20. The zero-order chi connectivity index (χ0) is 14.0. The molecule has 0 radical (unpaired) electrons. The average Bonchev–Trinajstić information content (AvgIpc) is 2.35. The third kappa shape index (κ3) is 7.25. The Hall–Kier alpha value is -0.240. The molecule has 6 heteroatoms. The summed E-state index contributed by atoms with van der Waals surface area (Å²) < 4.78 is 22.8. The lowest BCUT2D eigenvalue weighted by atomic mass is 10.1. The SMILES string of the molecule is CCCCCCCCCS(=O)(=O)C(Cl)=C(Cl)C#N. The standard InChI is InChI=1S/C12H19Cl2NO2S/c1-2-3-4-5-6-7-8-9-18(16,17)12(14)11(13)10-15/h2-9H2,1H3. The van der Waals surface area contributed by atoms with E-state index in [0.29, 0.717) is 6.42 Å². The number of sulfone groups is 1. The van der Waals surface area contributed by atoms with Gasteiger partial charge in [0, 0.05) is 0 Å². The number of unbranched alkanes of at least 4 members (excludes halogenated alkanes) is 6. The van der Waals surface area contributed by atoms with Crippen molar-refractivity contribution in [3.05, 3.63) is 9.40 Å². The second-order valence-electron chi connectivity index (χ2n) is 4.14. The van der Waals surface area contributed by atoms with Gasteiger partial charge >= 0.3 is 0 Å². The summed E-state index contributed by atoms with van der Waals surface area (Å²) in [6, 6.07) is 1.53. The van der Waals surface area contributed by atoms with Gasteiger partial charge in [0.15, 0.2) is 14.2 Å². The van der Waals surface area contributed by atoms with Crippen molar-refractivity contribution >= 4 is 33.0 Å². The minimum Gasteiger partial charge on any atom is -0.223 e. The topological polar surface area (TPSA) is 57.9 Å². The van der Waals surface area contributed by atoms with E-state index in [0.717, 1.165) is 19.3 Å². The van der Waals surface area contributed by atoms with Crippen LogP contribution in [0.15, 0.2) is 9.40 Å². The van der Waals surface area contributed by atoms with Crippen LogP contribution in [0.1, 0.15) is 51.9 Å². The fraction of sp³-hybridized carbons (Fsp3) is 0.750. The molecule has 0 fully saturated rings. The molecule has 104 valence electrons. The molecule has 0 atom stereocenters. The Labute approximate surface area is 120 Å². The Kier molecular flexibility index (Phi) is 9.53. The van der Waals surface area contributed by atoms with Gasteiger partial charge in [-0.25, -0.2) is 8.42 Å². The molecule has 0 aliphatic heterocycles. The van der Waals surface area contributed by atoms with Crippen molar-refractivity contribution in [3.8, 4) is 6.07 Å². The summed E-state index contributed by atoms with van der Waals surface area (Å²) in [4.78, 5) is 0. The lowest BCUT2D eigenvalue weighted by Crippen LogP contribution is -2.07. The number of rotatable bonds is 9. The third-order valence-corrected chi connectivity index (χ3v) is 5.51. The average molecular weight is 312 g/mol. The van der Waals surface area contributed by atoms with Crippen molar-refractivity contribution in [2.24, 2.45) is 0 Å². The van der Waals surface area contributed by atoms with Crippen LogP contribution in [-0.4, -0.2) is 14.2 Å².